The minimum Gasteiger partial charge on any atom is -0.449 e. The van der Waals surface area contributed by atoms with Crippen molar-refractivity contribution in [1.82, 2.24) is 15.0 Å². The lowest BCUT2D eigenvalue weighted by Gasteiger charge is -2.15. The van der Waals surface area contributed by atoms with Crippen LogP contribution in [0.5, 0.6) is 0 Å². The number of rotatable bonds is 7. The Kier molecular flexibility index (Phi) is 6.61. The predicted molar refractivity (Wildman–Crippen MR) is 155 cm³/mol. The Bertz CT molecular complexity index is 1810. The number of aromatic amines is 1. The fourth-order valence-corrected chi connectivity index (χ4v) is 5.11. The highest BCUT2D eigenvalue weighted by atomic mass is 32.1. The van der Waals surface area contributed by atoms with Crippen molar-refractivity contribution in [3.05, 3.63) is 102 Å². The van der Waals surface area contributed by atoms with Crippen LogP contribution < -0.4 is 5.32 Å². The lowest BCUT2D eigenvalue weighted by Crippen LogP contribution is -2.32. The molecule has 6 aromatic rings. The summed E-state index contributed by atoms with van der Waals surface area (Å²) in [6.45, 7) is 1.80. The van der Waals surface area contributed by atoms with E-state index in [9.17, 15) is 9.59 Å². The lowest BCUT2D eigenvalue weighted by atomic mass is 10.1. The molecular formula is C31H24N4O3S. The summed E-state index contributed by atoms with van der Waals surface area (Å²) in [6.07, 6.45) is -0.631. The van der Waals surface area contributed by atoms with Gasteiger partial charge in [0.05, 0.1) is 22.3 Å². The topological polar surface area (TPSA) is 97.0 Å². The number of imidazole rings is 1. The summed E-state index contributed by atoms with van der Waals surface area (Å²) < 4.78 is 5.59. The smallest absolute Gasteiger partial charge is 0.338 e. The fourth-order valence-electron chi connectivity index (χ4n) is 4.39. The first-order chi connectivity index (χ1) is 19.1. The number of nitrogens with one attached hydrogen (secondary N) is 2. The summed E-state index contributed by atoms with van der Waals surface area (Å²) >= 11 is 1.33. The lowest BCUT2D eigenvalue weighted by molar-refractivity contribution is -0.124. The third-order valence-corrected chi connectivity index (χ3v) is 7.21. The van der Waals surface area contributed by atoms with Gasteiger partial charge in [-0.25, -0.2) is 14.8 Å². The minimum absolute atomic E-state index is 0.324. The molecule has 39 heavy (non-hydrogen) atoms. The van der Waals surface area contributed by atoms with Crippen molar-refractivity contribution in [3.8, 4) is 22.6 Å². The van der Waals surface area contributed by atoms with Crippen LogP contribution in [0.3, 0.4) is 0 Å². The van der Waals surface area contributed by atoms with Gasteiger partial charge in [-0.1, -0.05) is 73.7 Å². The van der Waals surface area contributed by atoms with Crippen LogP contribution >= 0.6 is 11.3 Å². The monoisotopic (exact) mass is 532 g/mol. The number of carbonyl (C=O) groups is 2. The number of esters is 1. The van der Waals surface area contributed by atoms with E-state index in [1.807, 2.05) is 53.9 Å². The average Bonchev–Trinajstić information content (AvgIpc) is 3.63. The zero-order chi connectivity index (χ0) is 26.8. The highest BCUT2D eigenvalue weighted by molar-refractivity contribution is 7.14. The molecule has 0 saturated heterocycles. The summed E-state index contributed by atoms with van der Waals surface area (Å²) in [6, 6.07) is 29.1. The Morgan fingerprint density at radius 1 is 0.897 bits per heavy atom. The van der Waals surface area contributed by atoms with E-state index in [4.69, 9.17) is 4.74 Å². The van der Waals surface area contributed by atoms with Gasteiger partial charge >= 0.3 is 5.97 Å². The summed E-state index contributed by atoms with van der Waals surface area (Å²) in [5, 5.41) is 7.43. The zero-order valence-corrected chi connectivity index (χ0v) is 21.9. The van der Waals surface area contributed by atoms with Gasteiger partial charge in [-0.05, 0) is 41.5 Å². The number of hydrogen-bond donors (Lipinski definition) is 2. The number of carbonyl (C=O) groups excluding carboxylic acids is 2. The van der Waals surface area contributed by atoms with E-state index in [-0.39, 0.29) is 0 Å². The third-order valence-electron chi connectivity index (χ3n) is 6.46. The van der Waals surface area contributed by atoms with E-state index in [2.05, 4.69) is 44.5 Å². The summed E-state index contributed by atoms with van der Waals surface area (Å²) in [4.78, 5) is 38.3. The number of aromatic nitrogens is 3. The Hall–Kier alpha value is -4.82. The molecular weight excluding hydrogens is 508 g/mol. The van der Waals surface area contributed by atoms with Crippen LogP contribution in [0.2, 0.25) is 0 Å². The molecule has 2 N–H and O–H groups in total. The second-order valence-electron chi connectivity index (χ2n) is 9.07. The Labute approximate surface area is 228 Å². The van der Waals surface area contributed by atoms with E-state index in [1.165, 1.54) is 11.3 Å². The molecule has 2 aromatic heterocycles. The van der Waals surface area contributed by atoms with Crippen molar-refractivity contribution in [3.63, 3.8) is 0 Å². The van der Waals surface area contributed by atoms with E-state index in [0.29, 0.717) is 28.5 Å². The van der Waals surface area contributed by atoms with Crippen LogP contribution in [0, 0.1) is 0 Å². The first kappa shape index (κ1) is 24.5. The Morgan fingerprint density at radius 3 is 2.51 bits per heavy atom. The molecule has 192 valence electrons. The van der Waals surface area contributed by atoms with E-state index >= 15 is 0 Å². The molecule has 1 amide bonds. The standard InChI is InChI=1S/C31H24N4O3S/c1-2-27(29(36)35-31-34-26(18-39-31)22-13-12-19-8-6-7-11-21(19)16-22)38-30(37)23-14-15-24-25(17-23)33-28(32-24)20-9-4-3-5-10-20/h3-18,27H,2H2,1H3,(H,32,33)(H,34,35,36). The molecule has 0 bridgehead atoms. The molecule has 8 heteroatoms. The first-order valence-electron chi connectivity index (χ1n) is 12.6. The van der Waals surface area contributed by atoms with Crippen molar-refractivity contribution in [2.45, 2.75) is 19.4 Å². The van der Waals surface area contributed by atoms with Crippen molar-refractivity contribution in [2.75, 3.05) is 5.32 Å². The maximum absolute atomic E-state index is 13.0. The average molecular weight is 533 g/mol. The molecule has 0 saturated carbocycles. The molecule has 6 rings (SSSR count). The van der Waals surface area contributed by atoms with Gasteiger partial charge in [-0.15, -0.1) is 11.3 Å². The molecule has 4 aromatic carbocycles. The molecule has 0 aliphatic rings. The number of nitrogens with zero attached hydrogens (tertiary/aromatic N) is 2. The Morgan fingerprint density at radius 2 is 1.69 bits per heavy atom. The maximum atomic E-state index is 13.0. The molecule has 1 unspecified atom stereocenters. The first-order valence-corrected chi connectivity index (χ1v) is 13.5. The number of thiazole rings is 1. The van der Waals surface area contributed by atoms with Crippen molar-refractivity contribution in [1.29, 1.82) is 0 Å². The quantitative estimate of drug-likeness (QED) is 0.214. The maximum Gasteiger partial charge on any atom is 0.338 e. The van der Waals surface area contributed by atoms with Gasteiger partial charge in [0, 0.05) is 16.5 Å². The Balaban J connectivity index is 1.14. The number of benzene rings is 4. The van der Waals surface area contributed by atoms with Gasteiger partial charge in [-0.3, -0.25) is 10.1 Å². The highest BCUT2D eigenvalue weighted by Crippen LogP contribution is 2.28. The molecule has 0 radical (unpaired) electrons. The van der Waals surface area contributed by atoms with Crippen LogP contribution in [-0.2, 0) is 9.53 Å². The van der Waals surface area contributed by atoms with Gasteiger partial charge in [0.1, 0.15) is 5.82 Å². The third kappa shape index (κ3) is 5.15. The number of H-pyrrole nitrogens is 1. The number of amides is 1. The van der Waals surface area contributed by atoms with Crippen LogP contribution in [0.1, 0.15) is 23.7 Å². The SMILES string of the molecule is CCC(OC(=O)c1ccc2nc(-c3ccccc3)[nH]c2c1)C(=O)Nc1nc(-c2ccc3ccccc3c2)cs1. The van der Waals surface area contributed by atoms with Crippen molar-refractivity contribution >= 4 is 50.2 Å². The second kappa shape index (κ2) is 10.5. The van der Waals surface area contributed by atoms with Crippen LogP contribution in [0.15, 0.2) is 96.4 Å². The van der Waals surface area contributed by atoms with Crippen LogP contribution in [-0.4, -0.2) is 32.9 Å². The molecule has 1 atom stereocenters. The molecule has 0 aliphatic carbocycles. The van der Waals surface area contributed by atoms with Gasteiger partial charge in [0.25, 0.3) is 5.91 Å². The molecule has 2 heterocycles. The predicted octanol–water partition coefficient (Wildman–Crippen LogP) is 7.08. The van der Waals surface area contributed by atoms with Crippen LogP contribution in [0.4, 0.5) is 5.13 Å². The zero-order valence-electron chi connectivity index (χ0n) is 21.0. The fraction of sp³-hybridized carbons (Fsp3) is 0.0968. The second-order valence-corrected chi connectivity index (χ2v) is 9.93. The molecule has 0 fully saturated rings. The van der Waals surface area contributed by atoms with E-state index in [1.54, 1.807) is 25.1 Å². The summed E-state index contributed by atoms with van der Waals surface area (Å²) in [5.74, 6) is -0.279. The van der Waals surface area contributed by atoms with Gasteiger partial charge < -0.3 is 9.72 Å². The summed E-state index contributed by atoms with van der Waals surface area (Å²) in [7, 11) is 0. The molecule has 0 aliphatic heterocycles. The normalized spacial score (nSPS) is 11.9. The van der Waals surface area contributed by atoms with E-state index in [0.717, 1.165) is 33.1 Å². The highest BCUT2D eigenvalue weighted by Gasteiger charge is 2.23. The molecule has 0 spiro atoms. The van der Waals surface area contributed by atoms with E-state index < -0.39 is 18.0 Å². The van der Waals surface area contributed by atoms with Crippen LogP contribution in [0.25, 0.3) is 44.5 Å². The van der Waals surface area contributed by atoms with Crippen molar-refractivity contribution in [2.24, 2.45) is 0 Å². The number of fused-ring (bicyclic) bond motifs is 2. The number of hydrogen-bond acceptors (Lipinski definition) is 6. The molecule has 7 nitrogen and oxygen atoms in total. The summed E-state index contributed by atoms with van der Waals surface area (Å²) in [5.41, 5.74) is 4.48. The number of ether oxygens (including phenoxy) is 1. The van der Waals surface area contributed by atoms with Gasteiger partial charge in [0.2, 0.25) is 0 Å². The number of anilines is 1. The largest absolute Gasteiger partial charge is 0.449 e. The van der Waals surface area contributed by atoms with Gasteiger partial charge in [0.15, 0.2) is 11.2 Å². The van der Waals surface area contributed by atoms with Gasteiger partial charge in [-0.2, -0.15) is 0 Å². The van der Waals surface area contributed by atoms with Crippen molar-refractivity contribution < 1.29 is 14.3 Å². The minimum atomic E-state index is -0.956.